The van der Waals surface area contributed by atoms with E-state index in [1.54, 1.807) is 30.4 Å². The van der Waals surface area contributed by atoms with E-state index in [0.29, 0.717) is 18.5 Å². The second kappa shape index (κ2) is 18.5. The lowest BCUT2D eigenvalue weighted by atomic mass is 9.79. The first-order valence-corrected chi connectivity index (χ1v) is 15.1. The highest BCUT2D eigenvalue weighted by molar-refractivity contribution is 5.95. The number of ether oxygens (including phenoxy) is 2. The number of alkyl halides is 3. The standard InChI is InChI=1S/C35H44F3NO4/c36-35(37,38)32(24-30-17-7-4-8-18-30)33(41)43-26-31-19-13-20-34(25-31,28-40)27-39-21-10-1-2-11-22-42-23-12-9-16-29-14-5-3-6-15-29/h3-8,13-15,17-20,24,39-40H,1-2,9-12,16,21-23,25-28H2. The molecule has 0 aromatic heterocycles. The van der Waals surface area contributed by atoms with Gasteiger partial charge in [-0.1, -0.05) is 91.7 Å². The number of hydrogen-bond donors (Lipinski definition) is 2. The fraction of sp³-hybridized carbons (Fsp3) is 0.457. The van der Waals surface area contributed by atoms with Gasteiger partial charge in [0.1, 0.15) is 12.2 Å². The molecule has 2 aromatic carbocycles. The Hall–Kier alpha value is -3.20. The number of rotatable bonds is 19. The van der Waals surface area contributed by atoms with E-state index in [9.17, 15) is 23.1 Å². The van der Waals surface area contributed by atoms with E-state index in [1.807, 2.05) is 12.1 Å². The normalized spacial score (nSPS) is 17.1. The lowest BCUT2D eigenvalue weighted by Gasteiger charge is -2.32. The van der Waals surface area contributed by atoms with Gasteiger partial charge in [0.05, 0.1) is 6.61 Å². The average Bonchev–Trinajstić information content (AvgIpc) is 3.01. The molecule has 0 fully saturated rings. The van der Waals surface area contributed by atoms with Gasteiger partial charge < -0.3 is 19.9 Å². The zero-order chi connectivity index (χ0) is 30.8. The molecule has 5 nitrogen and oxygen atoms in total. The fourth-order valence-corrected chi connectivity index (χ4v) is 4.98. The van der Waals surface area contributed by atoms with Crippen LogP contribution in [0.1, 0.15) is 56.1 Å². The van der Waals surface area contributed by atoms with Gasteiger partial charge in [0.25, 0.3) is 0 Å². The molecule has 0 radical (unpaired) electrons. The maximum Gasteiger partial charge on any atom is 0.423 e. The van der Waals surface area contributed by atoms with E-state index in [4.69, 9.17) is 9.47 Å². The van der Waals surface area contributed by atoms with Crippen molar-refractivity contribution in [3.63, 3.8) is 0 Å². The molecule has 2 N–H and O–H groups in total. The number of unbranched alkanes of at least 4 members (excludes halogenated alkanes) is 4. The van der Waals surface area contributed by atoms with Crippen molar-refractivity contribution in [2.45, 2.75) is 57.5 Å². The molecule has 0 spiro atoms. The molecular formula is C35H44F3NO4. The van der Waals surface area contributed by atoms with E-state index in [2.05, 4.69) is 29.6 Å². The molecule has 8 heteroatoms. The maximum absolute atomic E-state index is 13.6. The predicted molar refractivity (Wildman–Crippen MR) is 164 cm³/mol. The van der Waals surface area contributed by atoms with Crippen molar-refractivity contribution >= 4 is 12.0 Å². The Morgan fingerprint density at radius 1 is 0.930 bits per heavy atom. The Morgan fingerprint density at radius 3 is 2.30 bits per heavy atom. The van der Waals surface area contributed by atoms with Gasteiger partial charge in [-0.3, -0.25) is 0 Å². The number of benzene rings is 2. The second-order valence-electron chi connectivity index (χ2n) is 11.1. The number of aliphatic hydroxyl groups excluding tert-OH is 1. The minimum Gasteiger partial charge on any atom is -0.458 e. The highest BCUT2D eigenvalue weighted by Crippen LogP contribution is 2.32. The van der Waals surface area contributed by atoms with Crippen molar-refractivity contribution in [1.29, 1.82) is 0 Å². The third-order valence-corrected chi connectivity index (χ3v) is 7.42. The average molecular weight is 600 g/mol. The summed E-state index contributed by atoms with van der Waals surface area (Å²) in [5, 5.41) is 13.5. The number of nitrogens with one attached hydrogen (secondary N) is 1. The third-order valence-electron chi connectivity index (χ3n) is 7.42. The van der Waals surface area contributed by atoms with Gasteiger partial charge in [-0.2, -0.15) is 13.2 Å². The van der Waals surface area contributed by atoms with Gasteiger partial charge in [-0.05, 0) is 67.8 Å². The predicted octanol–water partition coefficient (Wildman–Crippen LogP) is 7.23. The minimum atomic E-state index is -4.85. The number of aliphatic hydroxyl groups is 1. The van der Waals surface area contributed by atoms with Crippen molar-refractivity contribution in [1.82, 2.24) is 5.32 Å². The minimum absolute atomic E-state index is 0.133. The molecule has 0 saturated carbocycles. The summed E-state index contributed by atoms with van der Waals surface area (Å²) in [7, 11) is 0. The molecule has 1 aliphatic carbocycles. The molecule has 234 valence electrons. The SMILES string of the molecule is O=C(OCC1=CC=CC(CO)(CNCCCCCCOCCCCc2ccccc2)C1)C(=Cc1ccccc1)C(F)(F)F. The van der Waals surface area contributed by atoms with E-state index in [1.165, 1.54) is 17.7 Å². The van der Waals surface area contributed by atoms with Crippen LogP contribution in [0, 0.1) is 5.41 Å². The van der Waals surface area contributed by atoms with Gasteiger partial charge in [0.15, 0.2) is 0 Å². The van der Waals surface area contributed by atoms with E-state index < -0.39 is 23.1 Å². The number of halogens is 3. The first-order chi connectivity index (χ1) is 20.8. The second-order valence-corrected chi connectivity index (χ2v) is 11.1. The highest BCUT2D eigenvalue weighted by atomic mass is 19.4. The summed E-state index contributed by atoms with van der Waals surface area (Å²) < 4.78 is 51.5. The molecule has 0 heterocycles. The van der Waals surface area contributed by atoms with Crippen LogP contribution >= 0.6 is 0 Å². The van der Waals surface area contributed by atoms with Crippen LogP contribution in [0.5, 0.6) is 0 Å². The summed E-state index contributed by atoms with van der Waals surface area (Å²) in [5.41, 5.74) is 0.320. The Morgan fingerprint density at radius 2 is 1.60 bits per heavy atom. The van der Waals surface area contributed by atoms with Crippen LogP contribution in [0.2, 0.25) is 0 Å². The number of carbonyl (C=O) groups excluding carboxylic acids is 1. The van der Waals surface area contributed by atoms with Crippen LogP contribution in [0.3, 0.4) is 0 Å². The van der Waals surface area contributed by atoms with Gasteiger partial charge in [-0.25, -0.2) is 4.79 Å². The number of allylic oxidation sites excluding steroid dienone is 2. The van der Waals surface area contributed by atoms with E-state index >= 15 is 0 Å². The fourth-order valence-electron chi connectivity index (χ4n) is 4.98. The largest absolute Gasteiger partial charge is 0.458 e. The molecule has 0 aliphatic heterocycles. The van der Waals surface area contributed by atoms with Crippen molar-refractivity contribution < 1.29 is 32.5 Å². The summed E-state index contributed by atoms with van der Waals surface area (Å²) in [6.07, 6.45) is 9.20. The molecule has 3 rings (SSSR count). The number of esters is 1. The first-order valence-electron chi connectivity index (χ1n) is 15.1. The third kappa shape index (κ3) is 12.9. The van der Waals surface area contributed by atoms with Gasteiger partial charge >= 0.3 is 12.1 Å². The molecule has 0 saturated heterocycles. The van der Waals surface area contributed by atoms with Crippen molar-refractivity contribution in [2.24, 2.45) is 5.41 Å². The van der Waals surface area contributed by atoms with E-state index in [0.717, 1.165) is 70.8 Å². The quantitative estimate of drug-likeness (QED) is 0.101. The van der Waals surface area contributed by atoms with Crippen LogP contribution < -0.4 is 5.32 Å². The molecule has 1 aliphatic rings. The Balaban J connectivity index is 1.28. The number of hydrogen-bond acceptors (Lipinski definition) is 5. The molecule has 1 atom stereocenters. The zero-order valence-corrected chi connectivity index (χ0v) is 24.8. The molecule has 43 heavy (non-hydrogen) atoms. The van der Waals surface area contributed by atoms with Gasteiger partial charge in [0, 0.05) is 25.2 Å². The Bertz CT molecular complexity index is 1180. The topological polar surface area (TPSA) is 67.8 Å². The summed E-state index contributed by atoms with van der Waals surface area (Å²) in [4.78, 5) is 12.4. The van der Waals surface area contributed by atoms with Gasteiger partial charge in [0.2, 0.25) is 0 Å². The van der Waals surface area contributed by atoms with Gasteiger partial charge in [-0.15, -0.1) is 0 Å². The van der Waals surface area contributed by atoms with Crippen LogP contribution in [-0.2, 0) is 20.7 Å². The molecule has 2 aromatic rings. The van der Waals surface area contributed by atoms with Crippen molar-refractivity contribution in [3.8, 4) is 0 Å². The summed E-state index contributed by atoms with van der Waals surface area (Å²) >= 11 is 0. The first kappa shape index (κ1) is 34.3. The lowest BCUT2D eigenvalue weighted by molar-refractivity contribution is -0.149. The van der Waals surface area contributed by atoms with Crippen molar-refractivity contribution in [2.75, 3.05) is 39.5 Å². The van der Waals surface area contributed by atoms with Crippen LogP contribution in [0.25, 0.3) is 6.08 Å². The summed E-state index contributed by atoms with van der Waals surface area (Å²) in [6.45, 7) is 2.48. The highest BCUT2D eigenvalue weighted by Gasteiger charge is 2.40. The molecular weight excluding hydrogens is 555 g/mol. The molecule has 0 bridgehead atoms. The molecule has 0 amide bonds. The van der Waals surface area contributed by atoms with Crippen LogP contribution in [-0.4, -0.2) is 56.8 Å². The van der Waals surface area contributed by atoms with Crippen LogP contribution in [0.4, 0.5) is 13.2 Å². The van der Waals surface area contributed by atoms with E-state index in [-0.39, 0.29) is 18.8 Å². The van der Waals surface area contributed by atoms with Crippen LogP contribution in [0.15, 0.2) is 90.0 Å². The Labute approximate surface area is 253 Å². The lowest BCUT2D eigenvalue weighted by Crippen LogP contribution is -2.38. The summed E-state index contributed by atoms with van der Waals surface area (Å²) in [5.74, 6) is -1.42. The smallest absolute Gasteiger partial charge is 0.423 e. The monoisotopic (exact) mass is 599 g/mol. The Kier molecular flexibility index (Phi) is 14.7. The zero-order valence-electron chi connectivity index (χ0n) is 24.8. The number of carbonyl (C=O) groups is 1. The maximum atomic E-state index is 13.6. The molecule has 1 unspecified atom stereocenters. The van der Waals surface area contributed by atoms with Crippen molar-refractivity contribution in [3.05, 3.63) is 101 Å². The number of aryl methyl sites for hydroxylation is 1. The summed E-state index contributed by atoms with van der Waals surface area (Å²) in [6, 6.07) is 18.3.